The first kappa shape index (κ1) is 23.2. The number of hydrogen-bond acceptors (Lipinski definition) is 6. The molecular weight excluding hydrogens is 499 g/mol. The van der Waals surface area contributed by atoms with Gasteiger partial charge in [-0.15, -0.1) is 34.0 Å². The molecule has 5 aromatic rings. The normalized spacial score (nSPS) is 15.3. The maximum atomic E-state index is 5.20. The van der Waals surface area contributed by atoms with Crippen LogP contribution < -0.4 is 0 Å². The summed E-state index contributed by atoms with van der Waals surface area (Å²) in [4.78, 5) is 19.0. The summed E-state index contributed by atoms with van der Waals surface area (Å²) in [5.74, 6) is 0.475. The molecule has 3 heterocycles. The van der Waals surface area contributed by atoms with Crippen molar-refractivity contribution >= 4 is 39.6 Å². The molecule has 0 fully saturated rings. The molecule has 6 rings (SSSR count). The lowest BCUT2D eigenvalue weighted by Crippen LogP contribution is -2.00. The Morgan fingerprint density at radius 1 is 0.667 bits per heavy atom. The smallest absolute Gasteiger partial charge is 0.124 e. The van der Waals surface area contributed by atoms with Crippen molar-refractivity contribution in [2.75, 3.05) is 0 Å². The summed E-state index contributed by atoms with van der Waals surface area (Å²) in [7, 11) is 0. The van der Waals surface area contributed by atoms with E-state index in [4.69, 9.17) is 15.0 Å². The molecule has 0 amide bonds. The van der Waals surface area contributed by atoms with E-state index >= 15 is 0 Å². The minimum atomic E-state index is 0.475. The summed E-state index contributed by atoms with van der Waals surface area (Å²) in [5, 5.41) is 3.13. The van der Waals surface area contributed by atoms with Crippen molar-refractivity contribution in [2.45, 2.75) is 27.2 Å². The molecular formula is C30H25N3S3. The lowest BCUT2D eigenvalue weighted by atomic mass is 9.94. The van der Waals surface area contributed by atoms with E-state index in [-0.39, 0.29) is 0 Å². The minimum Gasteiger partial charge on any atom is -0.235 e. The molecule has 1 unspecified atom stereocenters. The van der Waals surface area contributed by atoms with Gasteiger partial charge in [0.2, 0.25) is 0 Å². The maximum absolute atomic E-state index is 5.20. The molecule has 178 valence electrons. The zero-order valence-corrected chi connectivity index (χ0v) is 22.8. The van der Waals surface area contributed by atoms with Crippen LogP contribution in [0.2, 0.25) is 0 Å². The fourth-order valence-corrected chi connectivity index (χ4v) is 7.59. The molecule has 3 aromatic heterocycles. The summed E-state index contributed by atoms with van der Waals surface area (Å²) in [6.07, 6.45) is 7.67. The summed E-state index contributed by atoms with van der Waals surface area (Å²) in [5.41, 5.74) is 6.49. The lowest BCUT2D eigenvalue weighted by Gasteiger charge is -2.14. The first-order valence-electron chi connectivity index (χ1n) is 12.0. The van der Waals surface area contributed by atoms with E-state index in [1.165, 1.54) is 15.3 Å². The molecule has 0 saturated carbocycles. The van der Waals surface area contributed by atoms with Gasteiger partial charge in [0.05, 0.1) is 10.6 Å². The van der Waals surface area contributed by atoms with Crippen LogP contribution in [0, 0.1) is 19.8 Å². The number of aromatic nitrogens is 3. The van der Waals surface area contributed by atoms with Gasteiger partial charge in [-0.25, -0.2) is 15.0 Å². The Kier molecular flexibility index (Phi) is 6.25. The number of allylic oxidation sites excluding steroid dienone is 4. The third-order valence-corrected chi connectivity index (χ3v) is 9.53. The van der Waals surface area contributed by atoms with Gasteiger partial charge in [0.15, 0.2) is 0 Å². The van der Waals surface area contributed by atoms with E-state index in [0.717, 1.165) is 54.5 Å². The Balaban J connectivity index is 1.51. The average Bonchev–Trinajstić information content (AvgIpc) is 3.61. The average molecular weight is 524 g/mol. The molecule has 2 aromatic carbocycles. The molecule has 1 aliphatic carbocycles. The van der Waals surface area contributed by atoms with Gasteiger partial charge in [-0.3, -0.25) is 0 Å². The zero-order chi connectivity index (χ0) is 24.6. The monoisotopic (exact) mass is 523 g/mol. The van der Waals surface area contributed by atoms with E-state index in [1.807, 2.05) is 12.1 Å². The predicted octanol–water partition coefficient (Wildman–Crippen LogP) is 9.32. The number of nitrogens with zero attached hydrogens (tertiary/aromatic N) is 3. The van der Waals surface area contributed by atoms with Gasteiger partial charge in [0.1, 0.15) is 26.4 Å². The van der Waals surface area contributed by atoms with E-state index in [9.17, 15) is 0 Å². The largest absolute Gasteiger partial charge is 0.235 e. The molecule has 0 aliphatic heterocycles. The van der Waals surface area contributed by atoms with Gasteiger partial charge >= 0.3 is 0 Å². The summed E-state index contributed by atoms with van der Waals surface area (Å²) < 4.78 is 0. The molecule has 1 atom stereocenters. The molecule has 0 radical (unpaired) electrons. The van der Waals surface area contributed by atoms with Crippen molar-refractivity contribution in [1.29, 1.82) is 0 Å². The molecule has 36 heavy (non-hydrogen) atoms. The van der Waals surface area contributed by atoms with Crippen molar-refractivity contribution in [3.63, 3.8) is 0 Å². The Hall–Kier alpha value is -3.19. The summed E-state index contributed by atoms with van der Waals surface area (Å²) in [6, 6.07) is 20.8. The van der Waals surface area contributed by atoms with Crippen molar-refractivity contribution in [2.24, 2.45) is 5.92 Å². The molecule has 1 aliphatic rings. The van der Waals surface area contributed by atoms with Crippen LogP contribution in [0.1, 0.15) is 28.1 Å². The summed E-state index contributed by atoms with van der Waals surface area (Å²) >= 11 is 5.22. The molecule has 3 nitrogen and oxygen atoms in total. The Morgan fingerprint density at radius 3 is 1.89 bits per heavy atom. The van der Waals surface area contributed by atoms with Gasteiger partial charge in [0.25, 0.3) is 0 Å². The molecule has 0 saturated heterocycles. The second kappa shape index (κ2) is 9.69. The SMILES string of the molecule is Cc1sc(-c2ccccc2)nc1-c1nc(-c2ccccc2)sc1-c1nc(C2=CC=CCC2C)sc1C. The van der Waals surface area contributed by atoms with Crippen LogP contribution in [-0.4, -0.2) is 15.0 Å². The van der Waals surface area contributed by atoms with E-state index in [0.29, 0.717) is 5.92 Å². The van der Waals surface area contributed by atoms with Crippen LogP contribution in [0.25, 0.3) is 48.7 Å². The number of benzene rings is 2. The first-order chi connectivity index (χ1) is 17.6. The van der Waals surface area contributed by atoms with Crippen molar-refractivity contribution < 1.29 is 0 Å². The molecule has 0 spiro atoms. The first-order valence-corrected chi connectivity index (χ1v) is 14.5. The van der Waals surface area contributed by atoms with Gasteiger partial charge in [-0.1, -0.05) is 85.8 Å². The number of hydrogen-bond donors (Lipinski definition) is 0. The molecule has 0 bridgehead atoms. The van der Waals surface area contributed by atoms with Gasteiger partial charge in [-0.05, 0) is 31.8 Å². The molecule has 6 heteroatoms. The second-order valence-electron chi connectivity index (χ2n) is 8.96. The van der Waals surface area contributed by atoms with Crippen LogP contribution in [-0.2, 0) is 0 Å². The highest BCUT2D eigenvalue weighted by Crippen LogP contribution is 2.46. The fraction of sp³-hybridized carbons (Fsp3) is 0.167. The number of thiazole rings is 3. The van der Waals surface area contributed by atoms with Crippen LogP contribution in [0.3, 0.4) is 0 Å². The Labute approximate surface area is 223 Å². The standard InChI is InChI=1S/C30H25N3S3/c1-18-12-10-11-17-23(18)30-32-25(20(3)35-30)27-26(33-29(36-27)22-15-8-5-9-16-22)24-19(2)34-28(31-24)21-13-6-4-7-14-21/h4-11,13-18H,12H2,1-3H3. The zero-order valence-electron chi connectivity index (χ0n) is 20.4. The van der Waals surface area contributed by atoms with E-state index in [2.05, 4.69) is 87.5 Å². The number of aryl methyl sites for hydroxylation is 2. The van der Waals surface area contributed by atoms with Gasteiger partial charge in [0, 0.05) is 20.9 Å². The Bertz CT molecular complexity index is 1590. The number of rotatable bonds is 5. The van der Waals surface area contributed by atoms with Gasteiger partial charge < -0.3 is 0 Å². The summed E-state index contributed by atoms with van der Waals surface area (Å²) in [6.45, 7) is 6.60. The van der Waals surface area contributed by atoms with E-state index < -0.39 is 0 Å². The van der Waals surface area contributed by atoms with Gasteiger partial charge in [-0.2, -0.15) is 0 Å². The van der Waals surface area contributed by atoms with Crippen LogP contribution >= 0.6 is 34.0 Å². The third-order valence-electron chi connectivity index (χ3n) is 6.38. The highest BCUT2D eigenvalue weighted by Gasteiger charge is 2.25. The van der Waals surface area contributed by atoms with Crippen molar-refractivity contribution in [3.8, 4) is 43.1 Å². The minimum absolute atomic E-state index is 0.475. The quantitative estimate of drug-likeness (QED) is 0.230. The topological polar surface area (TPSA) is 38.7 Å². The van der Waals surface area contributed by atoms with Crippen LogP contribution in [0.15, 0.2) is 78.9 Å². The Morgan fingerprint density at radius 2 is 1.22 bits per heavy atom. The van der Waals surface area contributed by atoms with E-state index in [1.54, 1.807) is 34.0 Å². The predicted molar refractivity (Wildman–Crippen MR) is 156 cm³/mol. The third kappa shape index (κ3) is 4.30. The van der Waals surface area contributed by atoms with Crippen molar-refractivity contribution in [3.05, 3.63) is 93.7 Å². The van der Waals surface area contributed by atoms with Crippen molar-refractivity contribution in [1.82, 2.24) is 15.0 Å². The highest BCUT2D eigenvalue weighted by molar-refractivity contribution is 7.20. The second-order valence-corrected chi connectivity index (χ2v) is 12.4. The maximum Gasteiger partial charge on any atom is 0.124 e. The van der Waals surface area contributed by atoms with Crippen LogP contribution in [0.4, 0.5) is 0 Å². The highest BCUT2D eigenvalue weighted by atomic mass is 32.1. The van der Waals surface area contributed by atoms with Crippen LogP contribution in [0.5, 0.6) is 0 Å². The lowest BCUT2D eigenvalue weighted by molar-refractivity contribution is 0.757. The molecule has 0 N–H and O–H groups in total. The fourth-order valence-electron chi connectivity index (χ4n) is 4.42.